The highest BCUT2D eigenvalue weighted by atomic mass is 15.3. The Labute approximate surface area is 129 Å². The van der Waals surface area contributed by atoms with Gasteiger partial charge in [0.2, 0.25) is 0 Å². The molecule has 1 atom stereocenters. The Kier molecular flexibility index (Phi) is 5.82. The molecule has 0 saturated carbocycles. The molecule has 1 aliphatic heterocycles. The molecule has 21 heavy (non-hydrogen) atoms. The Morgan fingerprint density at radius 3 is 2.43 bits per heavy atom. The molecule has 1 aromatic heterocycles. The first-order valence-electron chi connectivity index (χ1n) is 8.44. The summed E-state index contributed by atoms with van der Waals surface area (Å²) < 4.78 is 2.14. The van der Waals surface area contributed by atoms with Gasteiger partial charge in [0, 0.05) is 24.3 Å². The van der Waals surface area contributed by atoms with Crippen LogP contribution in [0.5, 0.6) is 0 Å². The van der Waals surface area contributed by atoms with Gasteiger partial charge in [-0.15, -0.1) is 0 Å². The average Bonchev–Trinajstić information content (AvgIpc) is 2.75. The van der Waals surface area contributed by atoms with E-state index in [-0.39, 0.29) is 0 Å². The van der Waals surface area contributed by atoms with Crippen LogP contribution in [-0.2, 0) is 6.54 Å². The number of rotatable bonds is 6. The third-order valence-corrected chi connectivity index (χ3v) is 4.60. The van der Waals surface area contributed by atoms with E-state index in [1.165, 1.54) is 31.6 Å². The Bertz CT molecular complexity index is 430. The lowest BCUT2D eigenvalue weighted by Gasteiger charge is -2.35. The van der Waals surface area contributed by atoms with Gasteiger partial charge < -0.3 is 10.2 Å². The predicted octanol–water partition coefficient (Wildman–Crippen LogP) is 2.60. The second-order valence-corrected chi connectivity index (χ2v) is 7.03. The summed E-state index contributed by atoms with van der Waals surface area (Å²) in [5, 5.41) is 8.32. The van der Waals surface area contributed by atoms with E-state index in [0.29, 0.717) is 18.0 Å². The van der Waals surface area contributed by atoms with Crippen molar-refractivity contribution < 1.29 is 0 Å². The van der Waals surface area contributed by atoms with Gasteiger partial charge in [-0.25, -0.2) is 0 Å². The number of aromatic nitrogens is 2. The van der Waals surface area contributed by atoms with Crippen LogP contribution in [0, 0.1) is 19.8 Å². The number of hydrogen-bond acceptors (Lipinski definition) is 3. The maximum atomic E-state index is 4.56. The fraction of sp³-hybridized carbons (Fsp3) is 0.824. The fourth-order valence-corrected chi connectivity index (χ4v) is 3.21. The SMILES string of the molecule is Cc1cc(C)n(C[C@@H](C)CNC2CCN(C(C)C)CC2)n1. The monoisotopic (exact) mass is 292 g/mol. The molecule has 0 bridgehead atoms. The zero-order chi connectivity index (χ0) is 15.4. The number of nitrogens with zero attached hydrogens (tertiary/aromatic N) is 3. The summed E-state index contributed by atoms with van der Waals surface area (Å²) in [4.78, 5) is 2.58. The smallest absolute Gasteiger partial charge is 0.0596 e. The molecule has 4 nitrogen and oxygen atoms in total. The minimum absolute atomic E-state index is 0.617. The van der Waals surface area contributed by atoms with E-state index < -0.39 is 0 Å². The summed E-state index contributed by atoms with van der Waals surface area (Å²) in [7, 11) is 0. The Balaban J connectivity index is 1.70. The summed E-state index contributed by atoms with van der Waals surface area (Å²) >= 11 is 0. The largest absolute Gasteiger partial charge is 0.314 e. The maximum Gasteiger partial charge on any atom is 0.0596 e. The topological polar surface area (TPSA) is 33.1 Å². The Morgan fingerprint density at radius 2 is 1.90 bits per heavy atom. The molecule has 4 heteroatoms. The van der Waals surface area contributed by atoms with Crippen molar-refractivity contribution in [2.45, 2.75) is 66.1 Å². The van der Waals surface area contributed by atoms with Crippen molar-refractivity contribution in [3.63, 3.8) is 0 Å². The molecule has 2 rings (SSSR count). The first-order chi connectivity index (χ1) is 9.95. The molecule has 2 heterocycles. The molecule has 1 aromatic rings. The van der Waals surface area contributed by atoms with Crippen molar-refractivity contribution >= 4 is 0 Å². The highest BCUT2D eigenvalue weighted by Gasteiger charge is 2.20. The third-order valence-electron chi connectivity index (χ3n) is 4.60. The van der Waals surface area contributed by atoms with E-state index >= 15 is 0 Å². The summed E-state index contributed by atoms with van der Waals surface area (Å²) in [6.07, 6.45) is 2.57. The lowest BCUT2D eigenvalue weighted by atomic mass is 10.0. The summed E-state index contributed by atoms with van der Waals surface area (Å²) in [5.74, 6) is 0.617. The number of piperidine rings is 1. The molecular formula is C17H32N4. The van der Waals surface area contributed by atoms with Gasteiger partial charge >= 0.3 is 0 Å². The average molecular weight is 292 g/mol. The van der Waals surface area contributed by atoms with E-state index in [1.54, 1.807) is 0 Å². The van der Waals surface area contributed by atoms with E-state index in [4.69, 9.17) is 0 Å². The van der Waals surface area contributed by atoms with Gasteiger partial charge in [0.1, 0.15) is 0 Å². The standard InChI is InChI=1S/C17H32N4/c1-13(2)20-8-6-17(7-9-20)18-11-14(3)12-21-16(5)10-15(4)19-21/h10,13-14,17-18H,6-9,11-12H2,1-5H3/t14-/m0/s1. The second kappa shape index (κ2) is 7.41. The van der Waals surface area contributed by atoms with Crippen molar-refractivity contribution in [2.75, 3.05) is 19.6 Å². The van der Waals surface area contributed by atoms with Crippen LogP contribution in [0.2, 0.25) is 0 Å². The zero-order valence-electron chi connectivity index (χ0n) is 14.4. The van der Waals surface area contributed by atoms with E-state index in [2.05, 4.69) is 60.7 Å². The first-order valence-corrected chi connectivity index (χ1v) is 8.44. The molecular weight excluding hydrogens is 260 g/mol. The van der Waals surface area contributed by atoms with Crippen LogP contribution in [-0.4, -0.2) is 46.4 Å². The minimum atomic E-state index is 0.617. The van der Waals surface area contributed by atoms with Crippen LogP contribution >= 0.6 is 0 Å². The molecule has 120 valence electrons. The zero-order valence-corrected chi connectivity index (χ0v) is 14.4. The molecule has 1 N–H and O–H groups in total. The quantitative estimate of drug-likeness (QED) is 0.875. The first kappa shape index (κ1) is 16.5. The molecule has 0 aliphatic carbocycles. The predicted molar refractivity (Wildman–Crippen MR) is 88.6 cm³/mol. The van der Waals surface area contributed by atoms with Crippen LogP contribution in [0.1, 0.15) is 45.0 Å². The van der Waals surface area contributed by atoms with Crippen LogP contribution in [0.15, 0.2) is 6.07 Å². The van der Waals surface area contributed by atoms with Crippen molar-refractivity contribution in [1.29, 1.82) is 0 Å². The Hall–Kier alpha value is -0.870. The highest BCUT2D eigenvalue weighted by molar-refractivity contribution is 5.06. The molecule has 1 fully saturated rings. The van der Waals surface area contributed by atoms with E-state index in [1.807, 2.05) is 0 Å². The van der Waals surface area contributed by atoms with Crippen molar-refractivity contribution in [2.24, 2.45) is 5.92 Å². The molecule has 1 saturated heterocycles. The van der Waals surface area contributed by atoms with Gasteiger partial charge in [0.25, 0.3) is 0 Å². The normalized spacial score (nSPS) is 19.3. The number of aryl methyl sites for hydroxylation is 2. The van der Waals surface area contributed by atoms with Gasteiger partial charge in [0.05, 0.1) is 5.69 Å². The second-order valence-electron chi connectivity index (χ2n) is 7.03. The number of likely N-dealkylation sites (tertiary alicyclic amines) is 1. The van der Waals surface area contributed by atoms with E-state index in [0.717, 1.165) is 18.8 Å². The van der Waals surface area contributed by atoms with Crippen molar-refractivity contribution in [3.05, 3.63) is 17.5 Å². The van der Waals surface area contributed by atoms with Crippen LogP contribution in [0.4, 0.5) is 0 Å². The summed E-state index contributed by atoms with van der Waals surface area (Å²) in [6.45, 7) is 15.7. The molecule has 0 aromatic carbocycles. The lowest BCUT2D eigenvalue weighted by Crippen LogP contribution is -2.46. The summed E-state index contributed by atoms with van der Waals surface area (Å²) in [5.41, 5.74) is 2.39. The highest BCUT2D eigenvalue weighted by Crippen LogP contribution is 2.13. The van der Waals surface area contributed by atoms with Gasteiger partial charge in [-0.3, -0.25) is 4.68 Å². The molecule has 0 spiro atoms. The fourth-order valence-electron chi connectivity index (χ4n) is 3.21. The van der Waals surface area contributed by atoms with Crippen molar-refractivity contribution in [3.8, 4) is 0 Å². The van der Waals surface area contributed by atoms with Gasteiger partial charge in [-0.2, -0.15) is 5.10 Å². The minimum Gasteiger partial charge on any atom is -0.314 e. The summed E-state index contributed by atoms with van der Waals surface area (Å²) in [6, 6.07) is 3.54. The van der Waals surface area contributed by atoms with Gasteiger partial charge in [-0.1, -0.05) is 6.92 Å². The van der Waals surface area contributed by atoms with E-state index in [9.17, 15) is 0 Å². The van der Waals surface area contributed by atoms with Crippen LogP contribution in [0.25, 0.3) is 0 Å². The van der Waals surface area contributed by atoms with Gasteiger partial charge in [-0.05, 0) is 72.2 Å². The van der Waals surface area contributed by atoms with Crippen molar-refractivity contribution in [1.82, 2.24) is 20.0 Å². The van der Waals surface area contributed by atoms with Crippen LogP contribution < -0.4 is 5.32 Å². The number of hydrogen-bond donors (Lipinski definition) is 1. The Morgan fingerprint density at radius 1 is 1.24 bits per heavy atom. The molecule has 0 radical (unpaired) electrons. The van der Waals surface area contributed by atoms with Crippen LogP contribution in [0.3, 0.4) is 0 Å². The molecule has 1 aliphatic rings. The number of nitrogens with one attached hydrogen (secondary N) is 1. The molecule has 0 unspecified atom stereocenters. The van der Waals surface area contributed by atoms with Gasteiger partial charge in [0.15, 0.2) is 0 Å². The maximum absolute atomic E-state index is 4.56. The third kappa shape index (κ3) is 4.82. The lowest BCUT2D eigenvalue weighted by molar-refractivity contribution is 0.159. The molecule has 0 amide bonds.